The molecule has 26 heavy (non-hydrogen) atoms. The van der Waals surface area contributed by atoms with Gasteiger partial charge < -0.3 is 4.90 Å². The summed E-state index contributed by atoms with van der Waals surface area (Å²) in [6.45, 7) is 0. The number of hydrogen-bond donors (Lipinski definition) is 0. The summed E-state index contributed by atoms with van der Waals surface area (Å²) in [7, 11) is 5.72. The normalized spacial score (nSPS) is 17.4. The predicted octanol–water partition coefficient (Wildman–Crippen LogP) is 5.40. The van der Waals surface area contributed by atoms with Gasteiger partial charge in [-0.3, -0.25) is 9.69 Å². The van der Waals surface area contributed by atoms with Crippen molar-refractivity contribution in [3.05, 3.63) is 62.4 Å². The van der Waals surface area contributed by atoms with E-state index < -0.39 is 0 Å². The first-order valence-electron chi connectivity index (χ1n) is 7.84. The summed E-state index contributed by atoms with van der Waals surface area (Å²) in [4.78, 5) is 21.3. The molecule has 0 atom stereocenters. The number of carbonyl (C=O) groups is 1. The number of benzene rings is 2. The van der Waals surface area contributed by atoms with Crippen LogP contribution in [-0.2, 0) is 4.79 Å². The third-order valence-corrected chi connectivity index (χ3v) is 6.13. The van der Waals surface area contributed by atoms with E-state index in [1.807, 2.05) is 61.5 Å². The van der Waals surface area contributed by atoms with Crippen molar-refractivity contribution in [3.8, 4) is 0 Å². The maximum atomic E-state index is 12.5. The number of hydrogen-bond acceptors (Lipinski definition) is 4. The van der Waals surface area contributed by atoms with E-state index in [2.05, 4.69) is 20.9 Å². The Labute approximate surface area is 170 Å². The van der Waals surface area contributed by atoms with Gasteiger partial charge in [0, 0.05) is 31.3 Å². The van der Waals surface area contributed by atoms with E-state index in [9.17, 15) is 4.79 Å². The number of likely N-dealkylation sites (N-methyl/N-ethyl adjacent to an activating group) is 1. The third kappa shape index (κ3) is 4.14. The second kappa shape index (κ2) is 7.86. The van der Waals surface area contributed by atoms with Crippen molar-refractivity contribution in [3.63, 3.8) is 0 Å². The number of thioether (sulfide) groups is 1. The standard InChI is InChI=1S/C19H17BrClN3OS/c1-23(2)14-7-4-12(5-8-14)10-17-18(25)24(3)19(26-17)22-13-6-9-15(20)16(21)11-13/h4-11H,1-3H3/b17-10-,22-19?. The molecule has 0 saturated carbocycles. The lowest BCUT2D eigenvalue weighted by Gasteiger charge is -2.11. The van der Waals surface area contributed by atoms with E-state index in [0.717, 1.165) is 15.7 Å². The second-order valence-electron chi connectivity index (χ2n) is 5.95. The molecule has 1 aliphatic rings. The highest BCUT2D eigenvalue weighted by molar-refractivity contribution is 9.10. The molecule has 0 N–H and O–H groups in total. The molecular formula is C19H17BrClN3OS. The van der Waals surface area contributed by atoms with Crippen molar-refractivity contribution < 1.29 is 4.79 Å². The van der Waals surface area contributed by atoms with Gasteiger partial charge in [-0.2, -0.15) is 0 Å². The lowest BCUT2D eigenvalue weighted by Crippen LogP contribution is -2.23. The van der Waals surface area contributed by atoms with Crippen LogP contribution in [-0.4, -0.2) is 37.1 Å². The summed E-state index contributed by atoms with van der Waals surface area (Å²) >= 11 is 10.8. The van der Waals surface area contributed by atoms with Gasteiger partial charge in [0.25, 0.3) is 5.91 Å². The number of carbonyl (C=O) groups excluding carboxylic acids is 1. The second-order valence-corrected chi connectivity index (χ2v) is 8.22. The molecule has 0 unspecified atom stereocenters. The van der Waals surface area contributed by atoms with E-state index in [-0.39, 0.29) is 5.91 Å². The number of anilines is 1. The van der Waals surface area contributed by atoms with Crippen LogP contribution in [0.3, 0.4) is 0 Å². The molecule has 4 nitrogen and oxygen atoms in total. The first-order valence-corrected chi connectivity index (χ1v) is 9.82. The van der Waals surface area contributed by atoms with Crippen molar-refractivity contribution in [2.45, 2.75) is 0 Å². The fraction of sp³-hybridized carbons (Fsp3) is 0.158. The molecule has 1 amide bonds. The summed E-state index contributed by atoms with van der Waals surface area (Å²) in [6, 6.07) is 13.5. The van der Waals surface area contributed by atoms with Gasteiger partial charge in [0.1, 0.15) is 0 Å². The zero-order chi connectivity index (χ0) is 18.8. The molecule has 0 aromatic heterocycles. The molecule has 0 radical (unpaired) electrons. The highest BCUT2D eigenvalue weighted by Crippen LogP contribution is 2.34. The van der Waals surface area contributed by atoms with Gasteiger partial charge in [-0.15, -0.1) is 0 Å². The largest absolute Gasteiger partial charge is 0.378 e. The first kappa shape index (κ1) is 19.0. The molecule has 2 aromatic rings. The molecule has 1 heterocycles. The molecule has 0 bridgehead atoms. The van der Waals surface area contributed by atoms with Crippen LogP contribution in [0.5, 0.6) is 0 Å². The molecule has 0 aliphatic carbocycles. The Balaban J connectivity index is 1.85. The fourth-order valence-electron chi connectivity index (χ4n) is 2.34. The average Bonchev–Trinajstić information content (AvgIpc) is 2.87. The Kier molecular flexibility index (Phi) is 5.75. The summed E-state index contributed by atoms with van der Waals surface area (Å²) < 4.78 is 0.813. The molecule has 0 spiro atoms. The molecule has 1 aliphatic heterocycles. The zero-order valence-electron chi connectivity index (χ0n) is 14.5. The SMILES string of the molecule is CN1C(=O)/C(=C/c2ccc(N(C)C)cc2)SC1=Nc1ccc(Br)c(Cl)c1. The maximum Gasteiger partial charge on any atom is 0.266 e. The highest BCUT2D eigenvalue weighted by atomic mass is 79.9. The monoisotopic (exact) mass is 449 g/mol. The van der Waals surface area contributed by atoms with Gasteiger partial charge >= 0.3 is 0 Å². The smallest absolute Gasteiger partial charge is 0.266 e. The average molecular weight is 451 g/mol. The van der Waals surface area contributed by atoms with Crippen LogP contribution >= 0.6 is 39.3 Å². The van der Waals surface area contributed by atoms with E-state index in [1.54, 1.807) is 18.0 Å². The van der Waals surface area contributed by atoms with Crippen LogP contribution in [0.2, 0.25) is 5.02 Å². The van der Waals surface area contributed by atoms with Crippen LogP contribution in [0.15, 0.2) is 56.8 Å². The Hall–Kier alpha value is -1.76. The minimum absolute atomic E-state index is 0.0614. The highest BCUT2D eigenvalue weighted by Gasteiger charge is 2.30. The van der Waals surface area contributed by atoms with E-state index >= 15 is 0 Å². The van der Waals surface area contributed by atoms with Gasteiger partial charge in [0.2, 0.25) is 0 Å². The lowest BCUT2D eigenvalue weighted by atomic mass is 10.2. The molecular weight excluding hydrogens is 434 g/mol. The van der Waals surface area contributed by atoms with Crippen molar-refractivity contribution in [1.29, 1.82) is 0 Å². The van der Waals surface area contributed by atoms with Crippen molar-refractivity contribution in [2.24, 2.45) is 4.99 Å². The fourth-order valence-corrected chi connectivity index (χ4v) is 3.74. The zero-order valence-corrected chi connectivity index (χ0v) is 17.7. The van der Waals surface area contributed by atoms with Crippen molar-refractivity contribution >= 4 is 67.8 Å². The van der Waals surface area contributed by atoms with Crippen LogP contribution in [0.4, 0.5) is 11.4 Å². The Morgan fingerprint density at radius 3 is 2.50 bits per heavy atom. The summed E-state index contributed by atoms with van der Waals surface area (Å²) in [5.74, 6) is -0.0614. The van der Waals surface area contributed by atoms with Crippen molar-refractivity contribution in [1.82, 2.24) is 4.90 Å². The molecule has 1 saturated heterocycles. The minimum atomic E-state index is -0.0614. The van der Waals surface area contributed by atoms with Gasteiger partial charge in [-0.05, 0) is 69.7 Å². The number of rotatable bonds is 3. The van der Waals surface area contributed by atoms with Crippen LogP contribution in [0, 0.1) is 0 Å². The molecule has 3 rings (SSSR count). The lowest BCUT2D eigenvalue weighted by molar-refractivity contribution is -0.121. The molecule has 134 valence electrons. The number of halogens is 2. The van der Waals surface area contributed by atoms with Gasteiger partial charge in [0.15, 0.2) is 5.17 Å². The summed E-state index contributed by atoms with van der Waals surface area (Å²) in [6.07, 6.45) is 1.89. The third-order valence-electron chi connectivity index (χ3n) is 3.84. The summed E-state index contributed by atoms with van der Waals surface area (Å²) in [5.41, 5.74) is 2.80. The first-order chi connectivity index (χ1) is 12.3. The quantitative estimate of drug-likeness (QED) is 0.587. The summed E-state index contributed by atoms with van der Waals surface area (Å²) in [5, 5.41) is 1.21. The minimum Gasteiger partial charge on any atom is -0.378 e. The molecule has 2 aromatic carbocycles. The van der Waals surface area contributed by atoms with E-state index in [0.29, 0.717) is 20.8 Å². The van der Waals surface area contributed by atoms with Gasteiger partial charge in [-0.25, -0.2) is 4.99 Å². The number of amidine groups is 1. The molecule has 1 fully saturated rings. The number of amides is 1. The van der Waals surface area contributed by atoms with Crippen molar-refractivity contribution in [2.75, 3.05) is 26.0 Å². The van der Waals surface area contributed by atoms with Crippen LogP contribution in [0.25, 0.3) is 6.08 Å². The Bertz CT molecular complexity index is 910. The topological polar surface area (TPSA) is 35.9 Å². The van der Waals surface area contributed by atoms with E-state index in [1.165, 1.54) is 11.8 Å². The maximum absolute atomic E-state index is 12.5. The van der Waals surface area contributed by atoms with Gasteiger partial charge in [-0.1, -0.05) is 23.7 Å². The predicted molar refractivity (Wildman–Crippen MR) is 115 cm³/mol. The van der Waals surface area contributed by atoms with Gasteiger partial charge in [0.05, 0.1) is 15.6 Å². The number of aliphatic imine (C=N–C) groups is 1. The molecule has 7 heteroatoms. The van der Waals surface area contributed by atoms with Crippen LogP contribution in [0.1, 0.15) is 5.56 Å². The van der Waals surface area contributed by atoms with E-state index in [4.69, 9.17) is 11.6 Å². The Morgan fingerprint density at radius 2 is 1.88 bits per heavy atom. The van der Waals surface area contributed by atoms with Crippen LogP contribution < -0.4 is 4.90 Å². The Morgan fingerprint density at radius 1 is 1.19 bits per heavy atom. The number of nitrogens with zero attached hydrogens (tertiary/aromatic N) is 3.